The largest absolute Gasteiger partial charge is 0.462 e. The molecule has 1 saturated heterocycles. The number of hydrogen-bond donors (Lipinski definition) is 2. The van der Waals surface area contributed by atoms with Crippen molar-refractivity contribution in [3.63, 3.8) is 0 Å². The zero-order valence-electron chi connectivity index (χ0n) is 15.3. The Morgan fingerprint density at radius 2 is 2.04 bits per heavy atom. The molecule has 0 spiro atoms. The SMILES string of the molecule is C=C(CO)C(=O)OC1C2C(CC(C)C3C(O)CC(=O)C13C)OC(=O)C2C. The van der Waals surface area contributed by atoms with Crippen LogP contribution in [0.25, 0.3) is 0 Å². The van der Waals surface area contributed by atoms with Crippen molar-refractivity contribution in [3.8, 4) is 0 Å². The van der Waals surface area contributed by atoms with Crippen LogP contribution in [0.2, 0.25) is 0 Å². The number of ketones is 1. The fourth-order valence-corrected chi connectivity index (χ4v) is 5.29. The van der Waals surface area contributed by atoms with Gasteiger partial charge >= 0.3 is 11.9 Å². The topological polar surface area (TPSA) is 110 Å². The minimum atomic E-state index is -1.12. The summed E-state index contributed by atoms with van der Waals surface area (Å²) in [5.74, 6) is -2.85. The molecule has 8 atom stereocenters. The summed E-state index contributed by atoms with van der Waals surface area (Å²) in [5, 5.41) is 19.7. The molecule has 0 amide bonds. The summed E-state index contributed by atoms with van der Waals surface area (Å²) < 4.78 is 11.2. The first-order valence-electron chi connectivity index (χ1n) is 9.04. The van der Waals surface area contributed by atoms with E-state index in [1.54, 1.807) is 13.8 Å². The van der Waals surface area contributed by atoms with Crippen molar-refractivity contribution in [2.24, 2.45) is 29.1 Å². The second-order valence-electron chi connectivity index (χ2n) is 8.15. The van der Waals surface area contributed by atoms with Gasteiger partial charge < -0.3 is 19.7 Å². The van der Waals surface area contributed by atoms with Gasteiger partial charge in [0.05, 0.1) is 29.6 Å². The quantitative estimate of drug-likeness (QED) is 0.556. The van der Waals surface area contributed by atoms with Crippen molar-refractivity contribution in [2.45, 2.75) is 51.9 Å². The van der Waals surface area contributed by atoms with Crippen LogP contribution in [0, 0.1) is 29.1 Å². The lowest BCUT2D eigenvalue weighted by molar-refractivity contribution is -0.165. The number of esters is 2. The van der Waals surface area contributed by atoms with Gasteiger partial charge in [0.25, 0.3) is 0 Å². The van der Waals surface area contributed by atoms with Crippen LogP contribution in [0.4, 0.5) is 0 Å². The Bertz CT molecular complexity index is 656. The van der Waals surface area contributed by atoms with Crippen molar-refractivity contribution >= 4 is 17.7 Å². The lowest BCUT2D eigenvalue weighted by Crippen LogP contribution is -2.51. The third kappa shape index (κ3) is 2.60. The smallest absolute Gasteiger partial charge is 0.336 e. The van der Waals surface area contributed by atoms with Crippen molar-refractivity contribution in [1.82, 2.24) is 0 Å². The highest BCUT2D eigenvalue weighted by atomic mass is 16.6. The van der Waals surface area contributed by atoms with E-state index < -0.39 is 54.1 Å². The molecule has 144 valence electrons. The summed E-state index contributed by atoms with van der Waals surface area (Å²) in [5.41, 5.74) is -1.24. The number of rotatable bonds is 3. The Morgan fingerprint density at radius 1 is 1.38 bits per heavy atom. The van der Waals surface area contributed by atoms with E-state index in [0.717, 1.165) is 0 Å². The van der Waals surface area contributed by atoms with E-state index in [1.165, 1.54) is 0 Å². The van der Waals surface area contributed by atoms with Gasteiger partial charge in [-0.25, -0.2) is 4.79 Å². The Labute approximate surface area is 152 Å². The maximum atomic E-state index is 12.9. The van der Waals surface area contributed by atoms with Gasteiger partial charge in [0.2, 0.25) is 0 Å². The predicted molar refractivity (Wildman–Crippen MR) is 89.6 cm³/mol. The van der Waals surface area contributed by atoms with Gasteiger partial charge in [-0.2, -0.15) is 0 Å². The molecule has 7 heteroatoms. The molecule has 8 unspecified atom stereocenters. The molecule has 0 aromatic rings. The molecule has 3 fully saturated rings. The fraction of sp³-hybridized carbons (Fsp3) is 0.737. The van der Waals surface area contributed by atoms with E-state index in [9.17, 15) is 24.6 Å². The van der Waals surface area contributed by atoms with Crippen molar-refractivity contribution in [1.29, 1.82) is 0 Å². The number of hydrogen-bond acceptors (Lipinski definition) is 7. The number of carbonyl (C=O) groups excluding carboxylic acids is 3. The Kier molecular flexibility index (Phi) is 4.73. The molecule has 3 rings (SSSR count). The second-order valence-corrected chi connectivity index (χ2v) is 8.15. The van der Waals surface area contributed by atoms with Crippen LogP contribution in [0.3, 0.4) is 0 Å². The number of Topliss-reactive ketones (excluding diaryl/α,β-unsaturated/α-hetero) is 1. The van der Waals surface area contributed by atoms with Gasteiger partial charge in [-0.05, 0) is 19.3 Å². The van der Waals surface area contributed by atoms with E-state index >= 15 is 0 Å². The van der Waals surface area contributed by atoms with Gasteiger partial charge in [-0.3, -0.25) is 9.59 Å². The number of ether oxygens (including phenoxy) is 2. The van der Waals surface area contributed by atoms with Gasteiger partial charge in [-0.15, -0.1) is 0 Å². The first-order chi connectivity index (χ1) is 12.1. The van der Waals surface area contributed by atoms with Crippen molar-refractivity contribution in [3.05, 3.63) is 12.2 Å². The van der Waals surface area contributed by atoms with E-state index in [-0.39, 0.29) is 29.7 Å². The molecule has 7 nitrogen and oxygen atoms in total. The lowest BCUT2D eigenvalue weighted by Gasteiger charge is -2.40. The van der Waals surface area contributed by atoms with Gasteiger partial charge in [0.1, 0.15) is 18.0 Å². The van der Waals surface area contributed by atoms with Crippen LogP contribution in [0.1, 0.15) is 33.6 Å². The number of aliphatic hydroxyl groups excluding tert-OH is 2. The van der Waals surface area contributed by atoms with Crippen molar-refractivity contribution < 1.29 is 34.1 Å². The summed E-state index contributed by atoms with van der Waals surface area (Å²) in [7, 11) is 0. The molecule has 0 aromatic carbocycles. The minimum absolute atomic E-state index is 0.00107. The maximum Gasteiger partial charge on any atom is 0.336 e. The van der Waals surface area contributed by atoms with E-state index in [2.05, 4.69) is 6.58 Å². The molecular weight excluding hydrogens is 340 g/mol. The third-order valence-corrected chi connectivity index (χ3v) is 6.62. The van der Waals surface area contributed by atoms with Gasteiger partial charge in [0, 0.05) is 18.3 Å². The number of carbonyl (C=O) groups is 3. The molecule has 2 N–H and O–H groups in total. The van der Waals surface area contributed by atoms with E-state index in [0.29, 0.717) is 6.42 Å². The highest BCUT2D eigenvalue weighted by Crippen LogP contribution is 2.56. The van der Waals surface area contributed by atoms with Crippen LogP contribution >= 0.6 is 0 Å². The van der Waals surface area contributed by atoms with E-state index in [1.807, 2.05) is 6.92 Å². The molecule has 2 aliphatic carbocycles. The molecule has 0 radical (unpaired) electrons. The Morgan fingerprint density at radius 3 is 2.65 bits per heavy atom. The molecule has 26 heavy (non-hydrogen) atoms. The van der Waals surface area contributed by atoms with E-state index in [4.69, 9.17) is 9.47 Å². The standard InChI is InChI=1S/C19H26O7/c1-8-5-12-14(10(3)18(24)25-12)16(26-17(23)9(2)7-20)19(4)13(22)6-11(21)15(8)19/h8,10-12,14-16,20-21H,2,5-7H2,1,3-4H3. The summed E-state index contributed by atoms with van der Waals surface area (Å²) >= 11 is 0. The van der Waals surface area contributed by atoms with Crippen LogP contribution in [-0.2, 0) is 23.9 Å². The van der Waals surface area contributed by atoms with Gasteiger partial charge in [0.15, 0.2) is 0 Å². The van der Waals surface area contributed by atoms with Crippen LogP contribution in [0.15, 0.2) is 12.2 Å². The van der Waals surface area contributed by atoms with Crippen molar-refractivity contribution in [2.75, 3.05) is 6.61 Å². The summed E-state index contributed by atoms with van der Waals surface area (Å²) in [6, 6.07) is 0. The maximum absolute atomic E-state index is 12.9. The normalized spacial score (nSPS) is 44.7. The predicted octanol–water partition coefficient (Wildman–Crippen LogP) is 0.620. The molecular formula is C19H26O7. The summed E-state index contributed by atoms with van der Waals surface area (Å²) in [6.07, 6.45) is -1.73. The zero-order valence-corrected chi connectivity index (χ0v) is 15.3. The highest BCUT2D eigenvalue weighted by molar-refractivity contribution is 5.91. The van der Waals surface area contributed by atoms with Gasteiger partial charge in [-0.1, -0.05) is 20.4 Å². The monoisotopic (exact) mass is 366 g/mol. The molecule has 1 aliphatic heterocycles. The Hall–Kier alpha value is -1.73. The first-order valence-corrected chi connectivity index (χ1v) is 9.04. The average molecular weight is 366 g/mol. The minimum Gasteiger partial charge on any atom is -0.462 e. The van der Waals surface area contributed by atoms with Crippen LogP contribution < -0.4 is 0 Å². The molecule has 1 heterocycles. The molecule has 3 aliphatic rings. The lowest BCUT2D eigenvalue weighted by atomic mass is 9.66. The highest BCUT2D eigenvalue weighted by Gasteiger charge is 2.66. The number of aliphatic hydroxyl groups is 2. The Balaban J connectivity index is 2.08. The third-order valence-electron chi connectivity index (χ3n) is 6.62. The average Bonchev–Trinajstić information content (AvgIpc) is 2.94. The second kappa shape index (κ2) is 6.46. The summed E-state index contributed by atoms with van der Waals surface area (Å²) in [4.78, 5) is 37.4. The van der Waals surface area contributed by atoms with Crippen LogP contribution in [0.5, 0.6) is 0 Å². The summed E-state index contributed by atoms with van der Waals surface area (Å²) in [6.45, 7) is 8.27. The molecule has 0 aromatic heterocycles. The van der Waals surface area contributed by atoms with Crippen LogP contribution in [-0.4, -0.2) is 52.9 Å². The fourth-order valence-electron chi connectivity index (χ4n) is 5.29. The molecule has 2 saturated carbocycles. The zero-order chi connectivity index (χ0) is 19.4. The first kappa shape index (κ1) is 19.0. The number of fused-ring (bicyclic) bond motifs is 2. The molecule has 0 bridgehead atoms.